The first-order valence-electron chi connectivity index (χ1n) is 14.2. The maximum absolute atomic E-state index is 11.4. The third-order valence-corrected chi connectivity index (χ3v) is 11.5. The lowest BCUT2D eigenvalue weighted by molar-refractivity contribution is -0.0412. The molecule has 4 unspecified atom stereocenters. The summed E-state index contributed by atoms with van der Waals surface area (Å²) in [5.74, 6) is 2.32. The third-order valence-electron chi connectivity index (χ3n) is 11.5. The van der Waals surface area contributed by atoms with Crippen molar-refractivity contribution in [1.82, 2.24) is 0 Å². The van der Waals surface area contributed by atoms with Crippen molar-refractivity contribution in [1.29, 1.82) is 0 Å². The lowest BCUT2D eigenvalue weighted by atomic mass is 9.51. The Bertz CT molecular complexity index is 636. The minimum absolute atomic E-state index is 0.0138. The Balaban J connectivity index is 2.31. The molecule has 194 valence electrons. The van der Waals surface area contributed by atoms with Crippen molar-refractivity contribution in [3.63, 3.8) is 0 Å². The van der Waals surface area contributed by atoms with Crippen LogP contribution in [0.4, 0.5) is 0 Å². The fraction of sp³-hybridized carbons (Fsp3) is 1.00. The van der Waals surface area contributed by atoms with Crippen LogP contribution in [-0.2, 0) is 0 Å². The highest BCUT2D eigenvalue weighted by molar-refractivity contribution is 5.17. The number of hydrogen-bond donors (Lipinski definition) is 2. The third kappa shape index (κ3) is 5.22. The van der Waals surface area contributed by atoms with Crippen LogP contribution in [0.25, 0.3) is 0 Å². The van der Waals surface area contributed by atoms with Crippen LogP contribution in [0.15, 0.2) is 5.18 Å². The van der Waals surface area contributed by atoms with E-state index in [-0.39, 0.29) is 22.4 Å². The van der Waals surface area contributed by atoms with Crippen LogP contribution in [0.1, 0.15) is 126 Å². The molecule has 33 heavy (non-hydrogen) atoms. The second-order valence-electron chi connectivity index (χ2n) is 13.3. The van der Waals surface area contributed by atoms with Gasteiger partial charge in [0.2, 0.25) is 0 Å². The van der Waals surface area contributed by atoms with Crippen LogP contribution in [0, 0.1) is 44.8 Å². The summed E-state index contributed by atoms with van der Waals surface area (Å²) < 4.78 is 0. The van der Waals surface area contributed by atoms with Crippen molar-refractivity contribution >= 4 is 0 Å². The molecule has 8 atom stereocenters. The van der Waals surface area contributed by atoms with Crippen LogP contribution >= 0.6 is 0 Å². The van der Waals surface area contributed by atoms with Gasteiger partial charge in [-0.1, -0.05) is 73.4 Å². The summed E-state index contributed by atoms with van der Waals surface area (Å²) in [6.45, 7) is 20.3. The first kappa shape index (κ1) is 28.8. The second kappa shape index (κ2) is 11.1. The van der Waals surface area contributed by atoms with Crippen molar-refractivity contribution in [3.8, 4) is 0 Å². The number of hydrogen-bond acceptors (Lipinski definition) is 4. The first-order valence-corrected chi connectivity index (χ1v) is 14.2. The Morgan fingerprint density at radius 2 is 1.70 bits per heavy atom. The van der Waals surface area contributed by atoms with E-state index in [4.69, 9.17) is 11.5 Å². The Labute approximate surface area is 205 Å². The number of nitrogens with two attached hydrogens (primary N) is 2. The summed E-state index contributed by atoms with van der Waals surface area (Å²) in [6, 6.07) is 0.0138. The van der Waals surface area contributed by atoms with Gasteiger partial charge < -0.3 is 11.5 Å². The predicted molar refractivity (Wildman–Crippen MR) is 143 cm³/mol. The van der Waals surface area contributed by atoms with Crippen LogP contribution in [0.2, 0.25) is 0 Å². The molecule has 0 heterocycles. The molecule has 2 saturated carbocycles. The van der Waals surface area contributed by atoms with Crippen LogP contribution in [-0.4, -0.2) is 18.1 Å². The molecule has 0 spiro atoms. The second-order valence-corrected chi connectivity index (χ2v) is 13.3. The molecule has 2 aliphatic rings. The highest BCUT2D eigenvalue weighted by Crippen LogP contribution is 2.66. The predicted octanol–water partition coefficient (Wildman–Crippen LogP) is 7.68. The average Bonchev–Trinajstić information content (AvgIpc) is 2.99. The van der Waals surface area contributed by atoms with Crippen molar-refractivity contribution in [2.75, 3.05) is 6.54 Å². The zero-order valence-corrected chi connectivity index (χ0v) is 23.4. The largest absolute Gasteiger partial charge is 0.330 e. The molecule has 2 fully saturated rings. The molecule has 2 aliphatic carbocycles. The molecule has 0 aromatic carbocycles. The van der Waals surface area contributed by atoms with Crippen molar-refractivity contribution < 1.29 is 0 Å². The molecule has 2 rings (SSSR count). The Hall–Kier alpha value is -0.480. The van der Waals surface area contributed by atoms with Gasteiger partial charge >= 0.3 is 0 Å². The fourth-order valence-corrected chi connectivity index (χ4v) is 8.54. The molecule has 0 saturated heterocycles. The van der Waals surface area contributed by atoms with E-state index in [1.807, 2.05) is 0 Å². The van der Waals surface area contributed by atoms with E-state index in [1.54, 1.807) is 0 Å². The quantitative estimate of drug-likeness (QED) is 0.291. The van der Waals surface area contributed by atoms with Crippen molar-refractivity contribution in [3.05, 3.63) is 4.91 Å². The summed E-state index contributed by atoms with van der Waals surface area (Å²) >= 11 is 0. The SMILES string of the molecule is CCCC1(C)C(C)(C(C)C[C@H](CC)C2C[C@H](N=O)CCC2(C)C)CC[C@]1(N)[C@H](C)CCCN. The van der Waals surface area contributed by atoms with E-state index >= 15 is 0 Å². The highest BCUT2D eigenvalue weighted by atomic mass is 16.3. The zero-order chi connectivity index (χ0) is 25.1. The summed E-state index contributed by atoms with van der Waals surface area (Å²) in [6.07, 6.45) is 12.4. The standard InChI is InChI=1S/C29H57N3O/c1-9-14-28(8)27(7,16-17-29(28,31)21(3)12-11-18-30)22(4)19-23(10-2)25-20-24(32-33)13-15-26(25,5)6/h21-25H,9-20,30-31H2,1-8H3/t21-,22?,23+,24-,25?,27?,28?,29+/m1/s1. The summed E-state index contributed by atoms with van der Waals surface area (Å²) in [7, 11) is 0. The maximum atomic E-state index is 11.4. The molecule has 0 amide bonds. The lowest BCUT2D eigenvalue weighted by Crippen LogP contribution is -2.60. The molecular weight excluding hydrogens is 406 g/mol. The molecule has 0 aliphatic heterocycles. The van der Waals surface area contributed by atoms with Gasteiger partial charge in [-0.05, 0) is 104 Å². The Kier molecular flexibility index (Phi) is 9.64. The summed E-state index contributed by atoms with van der Waals surface area (Å²) in [5.41, 5.74) is 13.8. The van der Waals surface area contributed by atoms with E-state index in [0.717, 1.165) is 45.1 Å². The first-order chi connectivity index (χ1) is 15.4. The van der Waals surface area contributed by atoms with E-state index in [1.165, 1.54) is 32.1 Å². The molecule has 0 aromatic heterocycles. The molecule has 4 heteroatoms. The number of rotatable bonds is 12. The maximum Gasteiger partial charge on any atom is 0.0922 e. The molecule has 4 nitrogen and oxygen atoms in total. The minimum atomic E-state index is -0.125. The molecule has 0 bridgehead atoms. The summed E-state index contributed by atoms with van der Waals surface area (Å²) in [5, 5.41) is 3.49. The summed E-state index contributed by atoms with van der Waals surface area (Å²) in [4.78, 5) is 11.4. The van der Waals surface area contributed by atoms with Gasteiger partial charge in [0.25, 0.3) is 0 Å². The van der Waals surface area contributed by atoms with Gasteiger partial charge in [-0.15, -0.1) is 0 Å². The van der Waals surface area contributed by atoms with Gasteiger partial charge in [0, 0.05) is 5.54 Å². The minimum Gasteiger partial charge on any atom is -0.330 e. The highest BCUT2D eigenvalue weighted by Gasteiger charge is 2.63. The topological polar surface area (TPSA) is 81.5 Å². The van der Waals surface area contributed by atoms with Gasteiger partial charge in [0.1, 0.15) is 0 Å². The van der Waals surface area contributed by atoms with E-state index < -0.39 is 0 Å². The number of nitrogens with zero attached hydrogens (tertiary/aromatic N) is 1. The molecular formula is C29H57N3O. The van der Waals surface area contributed by atoms with Crippen molar-refractivity contribution in [2.45, 2.75) is 138 Å². The zero-order valence-electron chi connectivity index (χ0n) is 23.4. The Morgan fingerprint density at radius 1 is 1.03 bits per heavy atom. The van der Waals surface area contributed by atoms with Crippen LogP contribution in [0.5, 0.6) is 0 Å². The monoisotopic (exact) mass is 463 g/mol. The van der Waals surface area contributed by atoms with Crippen LogP contribution in [0.3, 0.4) is 0 Å². The lowest BCUT2D eigenvalue weighted by Gasteiger charge is -2.55. The Morgan fingerprint density at radius 3 is 2.24 bits per heavy atom. The van der Waals surface area contributed by atoms with Gasteiger partial charge in [0.15, 0.2) is 0 Å². The van der Waals surface area contributed by atoms with Gasteiger partial charge in [-0.3, -0.25) is 0 Å². The van der Waals surface area contributed by atoms with Gasteiger partial charge in [-0.2, -0.15) is 4.91 Å². The van der Waals surface area contributed by atoms with Crippen LogP contribution < -0.4 is 11.5 Å². The smallest absolute Gasteiger partial charge is 0.0922 e. The average molecular weight is 464 g/mol. The molecule has 0 radical (unpaired) electrons. The molecule has 4 N–H and O–H groups in total. The van der Waals surface area contributed by atoms with E-state index in [9.17, 15) is 4.91 Å². The van der Waals surface area contributed by atoms with Crippen molar-refractivity contribution in [2.24, 2.45) is 56.6 Å². The molecule has 0 aromatic rings. The van der Waals surface area contributed by atoms with Gasteiger partial charge in [0.05, 0.1) is 6.04 Å². The van der Waals surface area contributed by atoms with E-state index in [2.05, 4.69) is 60.6 Å². The fourth-order valence-electron chi connectivity index (χ4n) is 8.54. The van der Waals surface area contributed by atoms with E-state index in [0.29, 0.717) is 29.1 Å². The number of nitroso groups, excluding NO2 is 1. The normalized spacial score (nSPS) is 39.2. The van der Waals surface area contributed by atoms with Gasteiger partial charge in [-0.25, -0.2) is 0 Å².